The van der Waals surface area contributed by atoms with E-state index in [1.165, 1.54) is 4.57 Å². The molecule has 1 atom stereocenters. The van der Waals surface area contributed by atoms with Crippen LogP contribution in [-0.2, 0) is 6.54 Å². The number of ketones is 1. The molecule has 4 N–H and O–H groups in total. The summed E-state index contributed by atoms with van der Waals surface area (Å²) in [6.45, 7) is 2.05. The van der Waals surface area contributed by atoms with Gasteiger partial charge in [0.15, 0.2) is 5.78 Å². The minimum Gasteiger partial charge on any atom is -0.497 e. The molecule has 3 rings (SSSR count). The molecule has 1 aromatic heterocycles. The van der Waals surface area contributed by atoms with Gasteiger partial charge in [0.2, 0.25) is 0 Å². The van der Waals surface area contributed by atoms with Crippen molar-refractivity contribution in [3.63, 3.8) is 0 Å². The molecule has 0 amide bonds. The summed E-state index contributed by atoms with van der Waals surface area (Å²) in [5.41, 5.74) is 6.30. The first-order valence-corrected chi connectivity index (χ1v) is 10.0. The number of anilines is 1. The molecular formula is C23H26N4O4. The number of nitrogens with one attached hydrogen (secondary N) is 2. The van der Waals surface area contributed by atoms with E-state index in [1.807, 2.05) is 61.5 Å². The van der Waals surface area contributed by atoms with Crippen LogP contribution in [-0.4, -0.2) is 29.0 Å². The number of benzene rings is 2. The van der Waals surface area contributed by atoms with E-state index >= 15 is 0 Å². The number of H-pyrrole nitrogens is 1. The number of nitrogens with zero attached hydrogens (tertiary/aromatic N) is 1. The first-order chi connectivity index (χ1) is 15.0. The Morgan fingerprint density at radius 2 is 1.74 bits per heavy atom. The average Bonchev–Trinajstić information content (AvgIpc) is 2.78. The Labute approximate surface area is 179 Å². The van der Waals surface area contributed by atoms with Crippen molar-refractivity contribution in [1.82, 2.24) is 14.9 Å². The Morgan fingerprint density at radius 3 is 2.35 bits per heavy atom. The van der Waals surface area contributed by atoms with Crippen LogP contribution >= 0.6 is 0 Å². The number of nitrogens with two attached hydrogens (primary N) is 1. The van der Waals surface area contributed by atoms with Gasteiger partial charge in [0, 0.05) is 6.54 Å². The van der Waals surface area contributed by atoms with Crippen molar-refractivity contribution in [3.05, 3.63) is 92.1 Å². The van der Waals surface area contributed by atoms with Crippen molar-refractivity contribution >= 4 is 11.6 Å². The zero-order valence-corrected chi connectivity index (χ0v) is 17.6. The van der Waals surface area contributed by atoms with E-state index in [9.17, 15) is 14.4 Å². The summed E-state index contributed by atoms with van der Waals surface area (Å²) in [7, 11) is 1.60. The average molecular weight is 422 g/mol. The fraction of sp³-hybridized carbons (Fsp3) is 0.261. The van der Waals surface area contributed by atoms with Crippen LogP contribution in [0, 0.1) is 0 Å². The lowest BCUT2D eigenvalue weighted by atomic mass is 9.98. The van der Waals surface area contributed by atoms with Crippen molar-refractivity contribution in [2.24, 2.45) is 0 Å². The minimum absolute atomic E-state index is 0.108. The molecule has 0 saturated heterocycles. The van der Waals surface area contributed by atoms with E-state index < -0.39 is 17.0 Å². The minimum atomic E-state index is -0.776. The van der Waals surface area contributed by atoms with E-state index in [1.54, 1.807) is 7.11 Å². The zero-order valence-electron chi connectivity index (χ0n) is 17.6. The summed E-state index contributed by atoms with van der Waals surface area (Å²) < 4.78 is 6.44. The Hall–Kier alpha value is -3.65. The number of carbonyl (C=O) groups is 1. The number of aromatic amines is 1. The van der Waals surface area contributed by atoms with Gasteiger partial charge < -0.3 is 10.5 Å². The number of ether oxygens (including phenoxy) is 1. The van der Waals surface area contributed by atoms with E-state index in [-0.39, 0.29) is 24.0 Å². The van der Waals surface area contributed by atoms with E-state index in [0.717, 1.165) is 16.9 Å². The maximum atomic E-state index is 12.9. The summed E-state index contributed by atoms with van der Waals surface area (Å²) in [5.74, 6) is 0.130. The van der Waals surface area contributed by atoms with Crippen LogP contribution in [0.1, 0.15) is 40.9 Å². The van der Waals surface area contributed by atoms with Crippen LogP contribution in [0.4, 0.5) is 5.82 Å². The van der Waals surface area contributed by atoms with Crippen molar-refractivity contribution in [3.8, 4) is 5.75 Å². The van der Waals surface area contributed by atoms with E-state index in [0.29, 0.717) is 13.0 Å². The normalized spacial score (nSPS) is 11.8. The third kappa shape index (κ3) is 4.92. The van der Waals surface area contributed by atoms with Gasteiger partial charge in [-0.25, -0.2) is 4.79 Å². The number of methoxy groups -OCH3 is 1. The summed E-state index contributed by atoms with van der Waals surface area (Å²) in [6, 6.07) is 16.9. The van der Waals surface area contributed by atoms with Gasteiger partial charge in [-0.1, -0.05) is 49.4 Å². The molecule has 0 bridgehead atoms. The number of hydrogen-bond acceptors (Lipinski definition) is 6. The molecule has 3 aromatic rings. The highest BCUT2D eigenvalue weighted by atomic mass is 16.5. The molecule has 2 aromatic carbocycles. The lowest BCUT2D eigenvalue weighted by Crippen LogP contribution is -2.38. The standard InChI is InChI=1S/C23H26N4O4/c1-3-13-27-21(24)19(22(29)26-23(27)30)18(28)14-25-20(15-7-5-4-6-8-15)16-9-11-17(31-2)12-10-16/h4-12,20,25H,3,13-14,24H2,1-2H3,(H,26,29,30). The van der Waals surface area contributed by atoms with Gasteiger partial charge in [-0.2, -0.15) is 0 Å². The molecule has 1 heterocycles. The van der Waals surface area contributed by atoms with E-state index in [4.69, 9.17) is 10.5 Å². The van der Waals surface area contributed by atoms with Crippen molar-refractivity contribution < 1.29 is 9.53 Å². The highest BCUT2D eigenvalue weighted by Gasteiger charge is 2.21. The molecular weight excluding hydrogens is 396 g/mol. The van der Waals surface area contributed by atoms with Gasteiger partial charge in [0.05, 0.1) is 19.7 Å². The Bertz CT molecular complexity index is 1150. The highest BCUT2D eigenvalue weighted by molar-refractivity contribution is 6.01. The Balaban J connectivity index is 1.90. The molecule has 0 aliphatic rings. The maximum Gasteiger partial charge on any atom is 0.329 e. The summed E-state index contributed by atoms with van der Waals surface area (Å²) in [4.78, 5) is 39.4. The van der Waals surface area contributed by atoms with E-state index in [2.05, 4.69) is 10.3 Å². The smallest absolute Gasteiger partial charge is 0.329 e. The molecule has 162 valence electrons. The first-order valence-electron chi connectivity index (χ1n) is 10.0. The predicted octanol–water partition coefficient (Wildman–Crippen LogP) is 2.10. The number of Topliss-reactive ketones (excluding diaryl/α,β-unsaturated/α-hetero) is 1. The van der Waals surface area contributed by atoms with Gasteiger partial charge in [-0.3, -0.25) is 24.5 Å². The van der Waals surface area contributed by atoms with Crippen LogP contribution < -0.4 is 27.0 Å². The molecule has 0 aliphatic heterocycles. The van der Waals surface area contributed by atoms with Gasteiger partial charge in [-0.05, 0) is 29.7 Å². The topological polar surface area (TPSA) is 119 Å². The van der Waals surface area contributed by atoms with Gasteiger partial charge in [-0.15, -0.1) is 0 Å². The zero-order chi connectivity index (χ0) is 22.4. The second-order valence-corrected chi connectivity index (χ2v) is 7.09. The Morgan fingerprint density at radius 1 is 1.10 bits per heavy atom. The third-order valence-corrected chi connectivity index (χ3v) is 5.01. The van der Waals surface area contributed by atoms with Crippen LogP contribution in [0.25, 0.3) is 0 Å². The third-order valence-electron chi connectivity index (χ3n) is 5.01. The highest BCUT2D eigenvalue weighted by Crippen LogP contribution is 2.24. The lowest BCUT2D eigenvalue weighted by Gasteiger charge is -2.20. The first kappa shape index (κ1) is 22.0. The molecule has 0 spiro atoms. The van der Waals surface area contributed by atoms with Gasteiger partial charge >= 0.3 is 5.69 Å². The van der Waals surface area contributed by atoms with Crippen LogP contribution in [0.15, 0.2) is 64.2 Å². The summed E-state index contributed by atoms with van der Waals surface area (Å²) in [5, 5.41) is 3.22. The van der Waals surface area contributed by atoms with Crippen LogP contribution in [0.2, 0.25) is 0 Å². The monoisotopic (exact) mass is 422 g/mol. The molecule has 31 heavy (non-hydrogen) atoms. The molecule has 1 unspecified atom stereocenters. The quantitative estimate of drug-likeness (QED) is 0.455. The SMILES string of the molecule is CCCn1c(N)c(C(=O)CNC(c2ccccc2)c2ccc(OC)cc2)c(=O)[nH]c1=O. The largest absolute Gasteiger partial charge is 0.497 e. The fourth-order valence-electron chi connectivity index (χ4n) is 3.46. The molecule has 8 heteroatoms. The van der Waals surface area contributed by atoms with Crippen LogP contribution in [0.3, 0.4) is 0 Å². The Kier molecular flexibility index (Phi) is 7.04. The summed E-state index contributed by atoms with van der Waals surface area (Å²) in [6.07, 6.45) is 0.635. The molecule has 0 fully saturated rings. The lowest BCUT2D eigenvalue weighted by molar-refractivity contribution is 0.0987. The summed E-state index contributed by atoms with van der Waals surface area (Å²) >= 11 is 0. The number of rotatable bonds is 9. The van der Waals surface area contributed by atoms with Crippen molar-refractivity contribution in [1.29, 1.82) is 0 Å². The maximum absolute atomic E-state index is 12.9. The van der Waals surface area contributed by atoms with Crippen molar-refractivity contribution in [2.45, 2.75) is 25.9 Å². The van der Waals surface area contributed by atoms with Gasteiger partial charge in [0.25, 0.3) is 5.56 Å². The predicted molar refractivity (Wildman–Crippen MR) is 120 cm³/mol. The number of nitrogen functional groups attached to an aromatic ring is 1. The molecule has 0 radical (unpaired) electrons. The van der Waals surface area contributed by atoms with Crippen LogP contribution in [0.5, 0.6) is 5.75 Å². The molecule has 0 aliphatic carbocycles. The van der Waals surface area contributed by atoms with Gasteiger partial charge in [0.1, 0.15) is 17.1 Å². The molecule has 0 saturated carbocycles. The number of aromatic nitrogens is 2. The second kappa shape index (κ2) is 9.90. The number of carbonyl (C=O) groups excluding carboxylic acids is 1. The number of hydrogen-bond donors (Lipinski definition) is 3. The molecule has 8 nitrogen and oxygen atoms in total. The fourth-order valence-corrected chi connectivity index (χ4v) is 3.46. The van der Waals surface area contributed by atoms with Crippen molar-refractivity contribution in [2.75, 3.05) is 19.4 Å². The second-order valence-electron chi connectivity index (χ2n) is 7.09.